The van der Waals surface area contributed by atoms with Crippen LogP contribution < -0.4 is 10.0 Å². The molecule has 0 radical (unpaired) electrons. The molecule has 0 aliphatic rings. The summed E-state index contributed by atoms with van der Waals surface area (Å²) in [7, 11) is -2.22. The van der Waals surface area contributed by atoms with E-state index in [1.165, 1.54) is 19.2 Å². The van der Waals surface area contributed by atoms with Crippen molar-refractivity contribution in [1.29, 1.82) is 0 Å². The maximum atomic E-state index is 12.0. The van der Waals surface area contributed by atoms with Crippen LogP contribution in [-0.2, 0) is 16.6 Å². The van der Waals surface area contributed by atoms with E-state index in [9.17, 15) is 13.2 Å². The predicted octanol–water partition coefficient (Wildman–Crippen LogP) is 0.611. The number of amides is 1. The summed E-state index contributed by atoms with van der Waals surface area (Å²) in [5.41, 5.74) is 0.315. The molecule has 0 fully saturated rings. The van der Waals surface area contributed by atoms with Gasteiger partial charge in [-0.2, -0.15) is 5.10 Å². The molecule has 1 heterocycles. The zero-order chi connectivity index (χ0) is 16.0. The number of aromatic nitrogens is 2. The normalized spacial score (nSPS) is 11.3. The standard InChI is InChI=1S/C14H18N4O3S/c1-15-22(20,21)13-6-2-5-12(11-13)14(19)16-7-3-9-18-10-4-8-17-18/h2,4-6,8,10-11,15H,3,7,9H2,1H3,(H,16,19). The average molecular weight is 322 g/mol. The largest absolute Gasteiger partial charge is 0.352 e. The SMILES string of the molecule is CNS(=O)(=O)c1cccc(C(=O)NCCCn2cccn2)c1. The molecule has 0 aliphatic heterocycles. The molecule has 0 saturated heterocycles. The first-order valence-corrected chi connectivity index (χ1v) is 8.30. The van der Waals surface area contributed by atoms with Crippen LogP contribution in [0.2, 0.25) is 0 Å². The van der Waals surface area contributed by atoms with Crippen molar-refractivity contribution in [3.8, 4) is 0 Å². The van der Waals surface area contributed by atoms with E-state index in [0.29, 0.717) is 18.7 Å². The van der Waals surface area contributed by atoms with Crippen molar-refractivity contribution in [1.82, 2.24) is 19.8 Å². The van der Waals surface area contributed by atoms with Gasteiger partial charge in [0.05, 0.1) is 4.90 Å². The second-order valence-corrected chi connectivity index (χ2v) is 6.50. The first-order valence-electron chi connectivity index (χ1n) is 6.82. The Morgan fingerprint density at radius 1 is 1.32 bits per heavy atom. The minimum Gasteiger partial charge on any atom is -0.352 e. The van der Waals surface area contributed by atoms with Crippen molar-refractivity contribution in [2.24, 2.45) is 0 Å². The van der Waals surface area contributed by atoms with Crippen molar-refractivity contribution in [2.75, 3.05) is 13.6 Å². The summed E-state index contributed by atoms with van der Waals surface area (Å²) in [5, 5.41) is 6.83. The molecular weight excluding hydrogens is 304 g/mol. The van der Waals surface area contributed by atoms with Gasteiger partial charge >= 0.3 is 0 Å². The number of benzene rings is 1. The summed E-state index contributed by atoms with van der Waals surface area (Å²) in [4.78, 5) is 12.1. The van der Waals surface area contributed by atoms with Crippen LogP contribution in [0.5, 0.6) is 0 Å². The van der Waals surface area contributed by atoms with Crippen molar-refractivity contribution < 1.29 is 13.2 Å². The van der Waals surface area contributed by atoms with E-state index in [0.717, 1.165) is 6.42 Å². The maximum Gasteiger partial charge on any atom is 0.251 e. The van der Waals surface area contributed by atoms with Gasteiger partial charge in [0.2, 0.25) is 10.0 Å². The van der Waals surface area contributed by atoms with Crippen LogP contribution in [0.1, 0.15) is 16.8 Å². The Labute approximate surface area is 129 Å². The van der Waals surface area contributed by atoms with Gasteiger partial charge in [-0.15, -0.1) is 0 Å². The van der Waals surface area contributed by atoms with Crippen molar-refractivity contribution in [3.05, 3.63) is 48.3 Å². The molecule has 2 N–H and O–H groups in total. The maximum absolute atomic E-state index is 12.0. The highest BCUT2D eigenvalue weighted by Gasteiger charge is 2.13. The van der Waals surface area contributed by atoms with E-state index in [4.69, 9.17) is 0 Å². The second kappa shape index (κ2) is 7.19. The minimum atomic E-state index is -3.55. The second-order valence-electron chi connectivity index (χ2n) is 4.61. The summed E-state index contributed by atoms with van der Waals surface area (Å²) in [6, 6.07) is 7.77. The lowest BCUT2D eigenvalue weighted by atomic mass is 10.2. The fraction of sp³-hybridized carbons (Fsp3) is 0.286. The van der Waals surface area contributed by atoms with E-state index in [-0.39, 0.29) is 10.8 Å². The quantitative estimate of drug-likeness (QED) is 0.731. The van der Waals surface area contributed by atoms with Crippen molar-refractivity contribution in [3.63, 3.8) is 0 Å². The number of nitrogens with zero attached hydrogens (tertiary/aromatic N) is 2. The third-order valence-electron chi connectivity index (χ3n) is 3.08. The molecule has 0 spiro atoms. The fourth-order valence-corrected chi connectivity index (χ4v) is 2.68. The monoisotopic (exact) mass is 322 g/mol. The van der Waals surface area contributed by atoms with E-state index >= 15 is 0 Å². The van der Waals surface area contributed by atoms with Gasteiger partial charge in [0.1, 0.15) is 0 Å². The van der Waals surface area contributed by atoms with Crippen LogP contribution >= 0.6 is 0 Å². The third kappa shape index (κ3) is 4.15. The van der Waals surface area contributed by atoms with Gasteiger partial charge in [-0.25, -0.2) is 13.1 Å². The van der Waals surface area contributed by atoms with Gasteiger partial charge < -0.3 is 5.32 Å². The van der Waals surface area contributed by atoms with Crippen LogP contribution in [-0.4, -0.2) is 37.7 Å². The molecule has 2 aromatic rings. The van der Waals surface area contributed by atoms with Gasteiger partial charge in [-0.3, -0.25) is 9.48 Å². The molecule has 118 valence electrons. The number of aryl methyl sites for hydroxylation is 1. The molecule has 1 amide bonds. The van der Waals surface area contributed by atoms with Gasteiger partial charge in [0.15, 0.2) is 0 Å². The molecule has 0 atom stereocenters. The van der Waals surface area contributed by atoms with Crippen LogP contribution in [0, 0.1) is 0 Å². The lowest BCUT2D eigenvalue weighted by molar-refractivity contribution is 0.0952. The lowest BCUT2D eigenvalue weighted by Crippen LogP contribution is -2.26. The number of hydrogen-bond acceptors (Lipinski definition) is 4. The molecule has 0 aliphatic carbocycles. The average Bonchev–Trinajstić information content (AvgIpc) is 3.05. The van der Waals surface area contributed by atoms with Crippen LogP contribution in [0.25, 0.3) is 0 Å². The van der Waals surface area contributed by atoms with Crippen LogP contribution in [0.3, 0.4) is 0 Å². The molecule has 1 aromatic carbocycles. The number of hydrogen-bond donors (Lipinski definition) is 2. The van der Waals surface area contributed by atoms with Gasteiger partial charge in [-0.05, 0) is 37.7 Å². The summed E-state index contributed by atoms with van der Waals surface area (Å²) in [5.74, 6) is -0.298. The molecule has 0 bridgehead atoms. The molecule has 7 nitrogen and oxygen atoms in total. The Morgan fingerprint density at radius 3 is 2.82 bits per heavy atom. The fourth-order valence-electron chi connectivity index (χ4n) is 1.90. The smallest absolute Gasteiger partial charge is 0.251 e. The number of sulfonamides is 1. The summed E-state index contributed by atoms with van der Waals surface area (Å²) in [6.45, 7) is 1.20. The van der Waals surface area contributed by atoms with Crippen LogP contribution in [0.4, 0.5) is 0 Å². The minimum absolute atomic E-state index is 0.0687. The third-order valence-corrected chi connectivity index (χ3v) is 4.50. The van der Waals surface area contributed by atoms with Gasteiger partial charge in [-0.1, -0.05) is 6.07 Å². The summed E-state index contributed by atoms with van der Waals surface area (Å²) >= 11 is 0. The number of nitrogens with one attached hydrogen (secondary N) is 2. The molecule has 0 saturated carbocycles. The van der Waals surface area contributed by atoms with Crippen molar-refractivity contribution in [2.45, 2.75) is 17.9 Å². The zero-order valence-electron chi connectivity index (χ0n) is 12.2. The van der Waals surface area contributed by atoms with E-state index < -0.39 is 10.0 Å². The molecule has 0 unspecified atom stereocenters. The first kappa shape index (κ1) is 16.2. The molecule has 2 rings (SSSR count). The van der Waals surface area contributed by atoms with Crippen LogP contribution in [0.15, 0.2) is 47.6 Å². The Hall–Kier alpha value is -2.19. The summed E-state index contributed by atoms with van der Waals surface area (Å²) < 4.78 is 27.4. The summed E-state index contributed by atoms with van der Waals surface area (Å²) in [6.07, 6.45) is 4.29. The topological polar surface area (TPSA) is 93.1 Å². The first-order chi connectivity index (χ1) is 10.5. The number of carbonyl (C=O) groups excluding carboxylic acids is 1. The Kier molecular flexibility index (Phi) is 5.29. The Morgan fingerprint density at radius 2 is 2.14 bits per heavy atom. The predicted molar refractivity (Wildman–Crippen MR) is 81.9 cm³/mol. The Balaban J connectivity index is 1.91. The van der Waals surface area contributed by atoms with E-state index in [1.54, 1.807) is 23.0 Å². The Bertz CT molecular complexity index is 726. The number of rotatable bonds is 7. The van der Waals surface area contributed by atoms with Crippen molar-refractivity contribution >= 4 is 15.9 Å². The zero-order valence-corrected chi connectivity index (χ0v) is 13.0. The van der Waals surface area contributed by atoms with Gasteiger partial charge in [0, 0.05) is 31.0 Å². The molecule has 8 heteroatoms. The highest BCUT2D eigenvalue weighted by Crippen LogP contribution is 2.11. The number of carbonyl (C=O) groups is 1. The van der Waals surface area contributed by atoms with E-state index in [2.05, 4.69) is 15.1 Å². The highest BCUT2D eigenvalue weighted by atomic mass is 32.2. The highest BCUT2D eigenvalue weighted by molar-refractivity contribution is 7.89. The lowest BCUT2D eigenvalue weighted by Gasteiger charge is -2.07. The molecule has 1 aromatic heterocycles. The molecular formula is C14H18N4O3S. The van der Waals surface area contributed by atoms with Gasteiger partial charge in [0.25, 0.3) is 5.91 Å². The van der Waals surface area contributed by atoms with E-state index in [1.807, 2.05) is 12.3 Å². The molecule has 22 heavy (non-hydrogen) atoms.